The summed E-state index contributed by atoms with van der Waals surface area (Å²) in [5, 5.41) is 0. The van der Waals surface area contributed by atoms with E-state index in [1.54, 1.807) is 0 Å². The van der Waals surface area contributed by atoms with Crippen LogP contribution in [0.2, 0.25) is 0 Å². The van der Waals surface area contributed by atoms with E-state index in [1.165, 1.54) is 25.7 Å². The van der Waals surface area contributed by atoms with Crippen molar-refractivity contribution in [3.8, 4) is 0 Å². The first kappa shape index (κ1) is 29.8. The Morgan fingerprint density at radius 3 is 1.00 bits per heavy atom. The van der Waals surface area contributed by atoms with Gasteiger partial charge in [0.15, 0.2) is 0 Å². The van der Waals surface area contributed by atoms with E-state index >= 15 is 0 Å². The van der Waals surface area contributed by atoms with Gasteiger partial charge in [0.25, 0.3) is 0 Å². The summed E-state index contributed by atoms with van der Waals surface area (Å²) in [6.45, 7) is 23.1. The van der Waals surface area contributed by atoms with Crippen LogP contribution in [0.15, 0.2) is 0 Å². The minimum atomic E-state index is 0.949. The molecule has 1 unspecified atom stereocenters. The van der Waals surface area contributed by atoms with Gasteiger partial charge in [-0.25, -0.2) is 0 Å². The first-order valence-electron chi connectivity index (χ1n) is 7.72. The van der Waals surface area contributed by atoms with Gasteiger partial charge >= 0.3 is 0 Å². The average molecular weight is 235 g/mol. The largest absolute Gasteiger partial charge is 0.0683 e. The highest BCUT2D eigenvalue weighted by molar-refractivity contribution is 4.45. The zero-order chi connectivity index (χ0) is 14.4. The fourth-order valence-corrected chi connectivity index (χ4v) is 0.697. The average Bonchev–Trinajstić information content (AvgIpc) is 2.38. The van der Waals surface area contributed by atoms with Crippen molar-refractivity contribution in [2.45, 2.75) is 102 Å². The Balaban J connectivity index is -0.0000000379. The standard InChI is InChI=1S/C7H16.C3H8.3C2H6/c1-4-6-7(3)5-2;1-3-2;3*1-2/h7H,4-6H2,1-3H3;3H2,1-2H3;3*1-2H3. The summed E-state index contributed by atoms with van der Waals surface area (Å²) in [6, 6.07) is 0. The van der Waals surface area contributed by atoms with Gasteiger partial charge in [-0.15, -0.1) is 0 Å². The van der Waals surface area contributed by atoms with Crippen LogP contribution in [0.1, 0.15) is 102 Å². The molecule has 0 bridgehead atoms. The molecule has 0 saturated heterocycles. The second-order valence-electron chi connectivity index (χ2n) is 3.01. The predicted molar refractivity (Wildman–Crippen MR) is 84.4 cm³/mol. The third-order valence-corrected chi connectivity index (χ3v) is 1.48. The molecule has 0 aromatic rings. The number of rotatable bonds is 3. The number of hydrogen-bond donors (Lipinski definition) is 0. The molecule has 0 spiro atoms. The van der Waals surface area contributed by atoms with Crippen molar-refractivity contribution in [2.24, 2.45) is 5.92 Å². The fourth-order valence-electron chi connectivity index (χ4n) is 0.697. The van der Waals surface area contributed by atoms with Crippen molar-refractivity contribution < 1.29 is 0 Å². The van der Waals surface area contributed by atoms with Crippen molar-refractivity contribution in [3.63, 3.8) is 0 Å². The van der Waals surface area contributed by atoms with Crippen LogP contribution in [0.5, 0.6) is 0 Å². The van der Waals surface area contributed by atoms with E-state index in [2.05, 4.69) is 34.6 Å². The van der Waals surface area contributed by atoms with E-state index in [9.17, 15) is 0 Å². The van der Waals surface area contributed by atoms with Gasteiger partial charge in [0, 0.05) is 0 Å². The molecule has 0 aromatic heterocycles. The molecular weight excluding hydrogens is 192 g/mol. The fraction of sp³-hybridized carbons (Fsp3) is 1.00. The lowest BCUT2D eigenvalue weighted by Gasteiger charge is -2.02. The number of hydrogen-bond acceptors (Lipinski definition) is 0. The van der Waals surface area contributed by atoms with E-state index in [0.29, 0.717) is 0 Å². The topological polar surface area (TPSA) is 0 Å². The van der Waals surface area contributed by atoms with E-state index in [4.69, 9.17) is 0 Å². The van der Waals surface area contributed by atoms with Crippen molar-refractivity contribution in [1.29, 1.82) is 0 Å². The maximum atomic E-state index is 2.31. The lowest BCUT2D eigenvalue weighted by atomic mass is 10.0. The molecule has 0 aliphatic heterocycles. The minimum Gasteiger partial charge on any atom is -0.0683 e. The summed E-state index contributed by atoms with van der Waals surface area (Å²) in [7, 11) is 0. The lowest BCUT2D eigenvalue weighted by molar-refractivity contribution is 0.509. The van der Waals surface area contributed by atoms with Gasteiger partial charge in [0.1, 0.15) is 0 Å². The molecule has 16 heavy (non-hydrogen) atoms. The Kier molecular flexibility index (Phi) is 112. The molecule has 0 amide bonds. The highest BCUT2D eigenvalue weighted by Gasteiger charge is 1.92. The van der Waals surface area contributed by atoms with Gasteiger partial charge in [0.05, 0.1) is 0 Å². The normalized spacial score (nSPS) is 8.44. The monoisotopic (exact) mass is 234 g/mol. The van der Waals surface area contributed by atoms with Crippen molar-refractivity contribution in [1.82, 2.24) is 0 Å². The van der Waals surface area contributed by atoms with Gasteiger partial charge < -0.3 is 0 Å². The van der Waals surface area contributed by atoms with E-state index in [-0.39, 0.29) is 0 Å². The lowest BCUT2D eigenvalue weighted by Crippen LogP contribution is -1.88. The summed E-state index contributed by atoms with van der Waals surface area (Å²) in [6.07, 6.45) is 5.33. The third-order valence-electron chi connectivity index (χ3n) is 1.48. The highest BCUT2D eigenvalue weighted by Crippen LogP contribution is 2.07. The Morgan fingerprint density at radius 2 is 0.938 bits per heavy atom. The first-order chi connectivity index (χ1) is 7.72. The van der Waals surface area contributed by atoms with E-state index in [1.807, 2.05) is 41.5 Å². The van der Waals surface area contributed by atoms with Crippen molar-refractivity contribution in [3.05, 3.63) is 0 Å². The van der Waals surface area contributed by atoms with Gasteiger partial charge in [-0.2, -0.15) is 0 Å². The smallest absolute Gasteiger partial charge is 0.0446 e. The van der Waals surface area contributed by atoms with Gasteiger partial charge in [-0.05, 0) is 5.92 Å². The third kappa shape index (κ3) is 94.6. The van der Waals surface area contributed by atoms with E-state index in [0.717, 1.165) is 5.92 Å². The van der Waals surface area contributed by atoms with Crippen LogP contribution in [0.25, 0.3) is 0 Å². The Morgan fingerprint density at radius 1 is 0.688 bits per heavy atom. The van der Waals surface area contributed by atoms with Crippen LogP contribution >= 0.6 is 0 Å². The molecule has 0 heterocycles. The SMILES string of the molecule is CC.CC.CC.CCC.CCCC(C)CC. The molecule has 1 atom stereocenters. The molecule has 0 rings (SSSR count). The molecule has 0 nitrogen and oxygen atoms in total. The molecule has 0 aromatic carbocycles. The molecule has 0 aliphatic rings. The second-order valence-corrected chi connectivity index (χ2v) is 3.01. The maximum absolute atomic E-state index is 2.31. The summed E-state index contributed by atoms with van der Waals surface area (Å²) >= 11 is 0. The van der Waals surface area contributed by atoms with Gasteiger partial charge in [0.2, 0.25) is 0 Å². The Hall–Kier alpha value is 0. The quantitative estimate of drug-likeness (QED) is 0.479. The van der Waals surface area contributed by atoms with Crippen molar-refractivity contribution >= 4 is 0 Å². The zero-order valence-electron chi connectivity index (χ0n) is 14.4. The molecule has 0 radical (unpaired) electrons. The molecule has 0 heteroatoms. The maximum Gasteiger partial charge on any atom is -0.0446 e. The van der Waals surface area contributed by atoms with Gasteiger partial charge in [-0.3, -0.25) is 0 Å². The predicted octanol–water partition coefficient (Wildman–Crippen LogP) is 7.33. The molecular formula is C16H42. The first-order valence-corrected chi connectivity index (χ1v) is 7.72. The molecule has 0 aliphatic carbocycles. The van der Waals surface area contributed by atoms with Gasteiger partial charge in [-0.1, -0.05) is 102 Å². The molecule has 0 fully saturated rings. The van der Waals surface area contributed by atoms with Crippen molar-refractivity contribution in [2.75, 3.05) is 0 Å². The zero-order valence-corrected chi connectivity index (χ0v) is 14.4. The molecule has 106 valence electrons. The van der Waals surface area contributed by atoms with Crippen LogP contribution in [-0.2, 0) is 0 Å². The minimum absolute atomic E-state index is 0.949. The summed E-state index contributed by atoms with van der Waals surface area (Å²) in [5.74, 6) is 0.949. The highest BCUT2D eigenvalue weighted by atomic mass is 14.0. The van der Waals surface area contributed by atoms with Crippen LogP contribution in [-0.4, -0.2) is 0 Å². The Bertz CT molecular complexity index is 39.3. The second kappa shape index (κ2) is 60.0. The Labute approximate surface area is 108 Å². The molecule has 0 saturated carbocycles. The summed E-state index contributed by atoms with van der Waals surface area (Å²) in [4.78, 5) is 0. The van der Waals surface area contributed by atoms with Crippen LogP contribution in [0.4, 0.5) is 0 Å². The van der Waals surface area contributed by atoms with Crippen LogP contribution < -0.4 is 0 Å². The summed E-state index contributed by atoms with van der Waals surface area (Å²) in [5.41, 5.74) is 0. The van der Waals surface area contributed by atoms with Crippen LogP contribution in [0.3, 0.4) is 0 Å². The summed E-state index contributed by atoms with van der Waals surface area (Å²) < 4.78 is 0. The molecule has 0 N–H and O–H groups in total. The van der Waals surface area contributed by atoms with E-state index < -0.39 is 0 Å². The van der Waals surface area contributed by atoms with Crippen LogP contribution in [0, 0.1) is 5.92 Å².